The third kappa shape index (κ3) is 5.60. The van der Waals surface area contributed by atoms with E-state index in [9.17, 15) is 0 Å². The number of nitrogens with zero attached hydrogens (tertiary/aromatic N) is 1. The Morgan fingerprint density at radius 1 is 0.576 bits per heavy atom. The average molecular weight is 438 g/mol. The quantitative estimate of drug-likeness (QED) is 0.280. The van der Waals surface area contributed by atoms with E-state index in [1.165, 1.54) is 0 Å². The second kappa shape index (κ2) is 11.0. The summed E-state index contributed by atoms with van der Waals surface area (Å²) >= 11 is 0. The second-order valence-corrected chi connectivity index (χ2v) is 7.35. The van der Waals surface area contributed by atoms with Crippen molar-refractivity contribution in [3.63, 3.8) is 0 Å². The third-order valence-corrected chi connectivity index (χ3v) is 5.16. The molecule has 0 spiro atoms. The van der Waals surface area contributed by atoms with Crippen molar-refractivity contribution in [3.8, 4) is 0 Å². The normalized spacial score (nSPS) is 10.4. The molecule has 0 saturated carbocycles. The van der Waals surface area contributed by atoms with Crippen LogP contribution in [0.25, 0.3) is 5.57 Å². The van der Waals surface area contributed by atoms with E-state index in [0.29, 0.717) is 0 Å². The van der Waals surface area contributed by atoms with Crippen LogP contribution in [0.2, 0.25) is 0 Å². The fraction of sp³-hybridized carbons (Fsp3) is 0.0714. The van der Waals surface area contributed by atoms with Crippen LogP contribution in [-0.2, 0) is 9.68 Å². The van der Waals surface area contributed by atoms with Crippen LogP contribution in [0.3, 0.4) is 0 Å². The fourth-order valence-electron chi connectivity index (χ4n) is 3.59. The highest BCUT2D eigenvalue weighted by atomic mass is 16.6. The lowest BCUT2D eigenvalue weighted by Crippen LogP contribution is -2.10. The Kier molecular flexibility index (Phi) is 7.38. The Bertz CT molecular complexity index is 1070. The van der Waals surface area contributed by atoms with Gasteiger partial charge in [0.2, 0.25) is 0 Å². The lowest BCUT2D eigenvalue weighted by Gasteiger charge is -2.23. The minimum absolute atomic E-state index is 0.892. The van der Waals surface area contributed by atoms with Gasteiger partial charge in [0.05, 0.1) is 25.6 Å². The van der Waals surface area contributed by atoms with Gasteiger partial charge in [-0.3, -0.25) is 20.6 Å². The van der Waals surface area contributed by atoms with E-state index in [4.69, 9.17) is 9.68 Å². The Labute approximate surface area is 194 Å². The van der Waals surface area contributed by atoms with Gasteiger partial charge in [0.25, 0.3) is 0 Å². The molecule has 0 atom stereocenters. The van der Waals surface area contributed by atoms with E-state index in [0.717, 1.165) is 39.4 Å². The summed E-state index contributed by atoms with van der Waals surface area (Å²) in [4.78, 5) is 12.3. The SMILES string of the molecule is CONc1ccc(C(=CN(c2ccccc2)c2ccccc2)c2ccc(NOC)cc2)cc1. The van der Waals surface area contributed by atoms with Gasteiger partial charge in [-0.2, -0.15) is 0 Å². The molecule has 0 radical (unpaired) electrons. The van der Waals surface area contributed by atoms with Crippen molar-refractivity contribution in [2.75, 3.05) is 30.1 Å². The molecule has 0 aliphatic rings. The van der Waals surface area contributed by atoms with Gasteiger partial charge in [-0.25, -0.2) is 0 Å². The highest BCUT2D eigenvalue weighted by Crippen LogP contribution is 2.32. The number of rotatable bonds is 9. The zero-order valence-electron chi connectivity index (χ0n) is 18.7. The second-order valence-electron chi connectivity index (χ2n) is 7.35. The van der Waals surface area contributed by atoms with Gasteiger partial charge in [0.15, 0.2) is 0 Å². The molecule has 2 N–H and O–H groups in total. The van der Waals surface area contributed by atoms with Crippen molar-refractivity contribution in [2.45, 2.75) is 0 Å². The lowest BCUT2D eigenvalue weighted by atomic mass is 9.98. The van der Waals surface area contributed by atoms with Gasteiger partial charge in [-0.1, -0.05) is 60.7 Å². The molecule has 4 aromatic rings. The zero-order chi connectivity index (χ0) is 22.9. The Balaban J connectivity index is 1.84. The molecule has 0 fully saturated rings. The molecule has 4 rings (SSSR count). The van der Waals surface area contributed by atoms with E-state index < -0.39 is 0 Å². The molecule has 0 heterocycles. The number of anilines is 4. The molecule has 0 amide bonds. The van der Waals surface area contributed by atoms with E-state index in [1.54, 1.807) is 14.2 Å². The predicted octanol–water partition coefficient (Wildman–Crippen LogP) is 6.86. The Morgan fingerprint density at radius 3 is 1.33 bits per heavy atom. The molecule has 166 valence electrons. The fourth-order valence-corrected chi connectivity index (χ4v) is 3.59. The molecule has 0 unspecified atom stereocenters. The maximum atomic E-state index is 5.04. The summed E-state index contributed by atoms with van der Waals surface area (Å²) < 4.78 is 0. The van der Waals surface area contributed by atoms with Gasteiger partial charge >= 0.3 is 0 Å². The lowest BCUT2D eigenvalue weighted by molar-refractivity contribution is 0.271. The van der Waals surface area contributed by atoms with Crippen molar-refractivity contribution in [2.24, 2.45) is 0 Å². The maximum absolute atomic E-state index is 5.04. The first kappa shape index (κ1) is 22.1. The minimum Gasteiger partial charge on any atom is -0.317 e. The van der Waals surface area contributed by atoms with Gasteiger partial charge in [0.1, 0.15) is 0 Å². The highest BCUT2D eigenvalue weighted by Gasteiger charge is 2.12. The molecule has 0 aliphatic heterocycles. The number of hydrogen-bond acceptors (Lipinski definition) is 5. The smallest absolute Gasteiger partial charge is 0.0636 e. The summed E-state index contributed by atoms with van der Waals surface area (Å²) in [6.07, 6.45) is 2.18. The number of nitrogens with one attached hydrogen (secondary N) is 2. The zero-order valence-corrected chi connectivity index (χ0v) is 18.7. The van der Waals surface area contributed by atoms with Crippen LogP contribution >= 0.6 is 0 Å². The summed E-state index contributed by atoms with van der Waals surface area (Å²) in [6, 6.07) is 37.1. The molecule has 5 nitrogen and oxygen atoms in total. The van der Waals surface area contributed by atoms with Crippen LogP contribution in [0.4, 0.5) is 22.7 Å². The van der Waals surface area contributed by atoms with Crippen molar-refractivity contribution in [1.29, 1.82) is 0 Å². The minimum atomic E-state index is 0.892. The predicted molar refractivity (Wildman–Crippen MR) is 136 cm³/mol. The van der Waals surface area contributed by atoms with Crippen molar-refractivity contribution < 1.29 is 9.68 Å². The maximum Gasteiger partial charge on any atom is 0.0636 e. The van der Waals surface area contributed by atoms with Gasteiger partial charge in [-0.05, 0) is 59.7 Å². The van der Waals surface area contributed by atoms with Crippen LogP contribution in [0.5, 0.6) is 0 Å². The summed E-state index contributed by atoms with van der Waals surface area (Å²) in [5.41, 5.74) is 12.9. The molecular formula is C28H27N3O2. The van der Waals surface area contributed by atoms with Crippen LogP contribution in [-0.4, -0.2) is 14.2 Å². The summed E-state index contributed by atoms with van der Waals surface area (Å²) in [6.45, 7) is 0. The molecular weight excluding hydrogens is 410 g/mol. The summed E-state index contributed by atoms with van der Waals surface area (Å²) in [5.74, 6) is 0. The van der Waals surface area contributed by atoms with Crippen LogP contribution in [0.15, 0.2) is 115 Å². The van der Waals surface area contributed by atoms with Crippen molar-refractivity contribution in [1.82, 2.24) is 0 Å². The van der Waals surface area contributed by atoms with Gasteiger partial charge < -0.3 is 4.90 Å². The van der Waals surface area contributed by atoms with Crippen molar-refractivity contribution in [3.05, 3.63) is 127 Å². The summed E-state index contributed by atoms with van der Waals surface area (Å²) in [5, 5.41) is 0. The number of hydrogen-bond donors (Lipinski definition) is 2. The monoisotopic (exact) mass is 437 g/mol. The topological polar surface area (TPSA) is 45.8 Å². The van der Waals surface area contributed by atoms with E-state index in [1.807, 2.05) is 36.4 Å². The first-order valence-corrected chi connectivity index (χ1v) is 10.7. The standard InChI is InChI=1S/C28H27N3O2/c1-32-29-24-17-13-22(14-18-24)28(23-15-19-25(20-16-23)30-33-2)21-31(26-9-5-3-6-10-26)27-11-7-4-8-12-27/h3-21,29-30H,1-2H3. The molecule has 0 bridgehead atoms. The van der Waals surface area contributed by atoms with E-state index >= 15 is 0 Å². The van der Waals surface area contributed by atoms with Crippen LogP contribution in [0.1, 0.15) is 11.1 Å². The van der Waals surface area contributed by atoms with Gasteiger partial charge in [-0.15, -0.1) is 0 Å². The molecule has 33 heavy (non-hydrogen) atoms. The highest BCUT2D eigenvalue weighted by molar-refractivity contribution is 5.84. The van der Waals surface area contributed by atoms with Crippen LogP contribution < -0.4 is 15.9 Å². The third-order valence-electron chi connectivity index (χ3n) is 5.16. The van der Waals surface area contributed by atoms with E-state index in [-0.39, 0.29) is 0 Å². The van der Waals surface area contributed by atoms with E-state index in [2.05, 4.69) is 94.9 Å². The average Bonchev–Trinajstić information content (AvgIpc) is 2.88. The molecule has 0 aliphatic carbocycles. The largest absolute Gasteiger partial charge is 0.317 e. The molecule has 0 aromatic heterocycles. The number of para-hydroxylation sites is 2. The van der Waals surface area contributed by atoms with Crippen molar-refractivity contribution >= 4 is 28.3 Å². The molecule has 5 heteroatoms. The number of benzene rings is 4. The van der Waals surface area contributed by atoms with Gasteiger partial charge in [0, 0.05) is 23.1 Å². The van der Waals surface area contributed by atoms with Crippen LogP contribution in [0, 0.1) is 0 Å². The molecule has 0 saturated heterocycles. The summed E-state index contributed by atoms with van der Waals surface area (Å²) in [7, 11) is 3.21. The first-order valence-electron chi connectivity index (χ1n) is 10.7. The Morgan fingerprint density at radius 2 is 0.970 bits per heavy atom. The first-order chi connectivity index (χ1) is 16.3. The Hall–Kier alpha value is -4.06. The molecule has 4 aromatic carbocycles.